The third-order valence-corrected chi connectivity index (χ3v) is 4.21. The predicted octanol–water partition coefficient (Wildman–Crippen LogP) is 3.69. The van der Waals surface area contributed by atoms with E-state index in [1.54, 1.807) is 19.3 Å². The van der Waals surface area contributed by atoms with E-state index < -0.39 is 6.10 Å². The van der Waals surface area contributed by atoms with Gasteiger partial charge in [0.25, 0.3) is 5.56 Å². The van der Waals surface area contributed by atoms with Crippen molar-refractivity contribution in [3.8, 4) is 5.75 Å². The molecule has 1 N–H and O–H groups in total. The summed E-state index contributed by atoms with van der Waals surface area (Å²) in [5, 5.41) is 4.71. The van der Waals surface area contributed by atoms with E-state index in [1.165, 1.54) is 4.57 Å². The van der Waals surface area contributed by atoms with Crippen LogP contribution in [-0.4, -0.2) is 35.3 Å². The number of rotatable bonds is 8. The van der Waals surface area contributed by atoms with Crippen LogP contribution in [0.25, 0.3) is 10.8 Å². The van der Waals surface area contributed by atoms with Gasteiger partial charge in [-0.2, -0.15) is 0 Å². The molecule has 6 nitrogen and oxygen atoms in total. The van der Waals surface area contributed by atoms with Crippen molar-refractivity contribution >= 4 is 29.1 Å². The number of carbonyl (C=O) groups excluding carboxylic acids is 1. The minimum atomic E-state index is -0.429. The molecule has 162 valence electrons. The van der Waals surface area contributed by atoms with Gasteiger partial charge in [-0.1, -0.05) is 32.0 Å². The van der Waals surface area contributed by atoms with Gasteiger partial charge < -0.3 is 19.4 Å². The molecule has 29 heavy (non-hydrogen) atoms. The van der Waals surface area contributed by atoms with Gasteiger partial charge in [0.1, 0.15) is 18.5 Å². The van der Waals surface area contributed by atoms with Gasteiger partial charge in [-0.15, -0.1) is 12.4 Å². The van der Waals surface area contributed by atoms with E-state index in [-0.39, 0.29) is 42.0 Å². The van der Waals surface area contributed by atoms with E-state index in [4.69, 9.17) is 9.47 Å². The Morgan fingerprint density at radius 3 is 2.38 bits per heavy atom. The van der Waals surface area contributed by atoms with Crippen LogP contribution in [0.4, 0.5) is 0 Å². The monoisotopic (exact) mass is 424 g/mol. The zero-order valence-electron chi connectivity index (χ0n) is 18.2. The molecule has 2 aromatic rings. The van der Waals surface area contributed by atoms with E-state index in [0.29, 0.717) is 24.1 Å². The molecule has 1 heterocycles. The number of aromatic nitrogens is 1. The molecule has 0 saturated carbocycles. The second kappa shape index (κ2) is 10.6. The maximum absolute atomic E-state index is 12.3. The van der Waals surface area contributed by atoms with E-state index in [9.17, 15) is 9.59 Å². The first-order valence-electron chi connectivity index (χ1n) is 9.72. The molecular formula is C22H33ClN2O4. The highest BCUT2D eigenvalue weighted by molar-refractivity contribution is 5.87. The second-order valence-electron chi connectivity index (χ2n) is 8.61. The van der Waals surface area contributed by atoms with Gasteiger partial charge >= 0.3 is 5.97 Å². The lowest BCUT2D eigenvalue weighted by Gasteiger charge is -2.26. The molecule has 0 bridgehead atoms. The summed E-state index contributed by atoms with van der Waals surface area (Å²) in [6.07, 6.45) is 1.62. The van der Waals surface area contributed by atoms with Crippen molar-refractivity contribution in [1.82, 2.24) is 9.88 Å². The molecule has 1 atom stereocenters. The fourth-order valence-electron chi connectivity index (χ4n) is 2.80. The molecular weight excluding hydrogens is 392 g/mol. The van der Waals surface area contributed by atoms with Crippen molar-refractivity contribution in [1.29, 1.82) is 0 Å². The highest BCUT2D eigenvalue weighted by Gasteiger charge is 2.20. The molecule has 0 amide bonds. The number of aryl methyl sites for hydroxylation is 1. The maximum Gasteiger partial charge on any atom is 0.306 e. The number of nitrogens with one attached hydrogen (secondary N) is 1. The van der Waals surface area contributed by atoms with Crippen LogP contribution in [0.1, 0.15) is 41.0 Å². The number of ether oxygens (including phenoxy) is 2. The Morgan fingerprint density at radius 2 is 1.79 bits per heavy atom. The lowest BCUT2D eigenvalue weighted by Crippen LogP contribution is -2.44. The number of esters is 1. The molecule has 0 saturated heterocycles. The summed E-state index contributed by atoms with van der Waals surface area (Å²) in [6, 6.07) is 7.35. The number of hydrogen-bond donors (Lipinski definition) is 1. The highest BCUT2D eigenvalue weighted by atomic mass is 35.5. The number of fused-ring (bicyclic) bond motifs is 1. The number of hydrogen-bond acceptors (Lipinski definition) is 5. The fraction of sp³-hybridized carbons (Fsp3) is 0.545. The molecule has 1 unspecified atom stereocenters. The largest absolute Gasteiger partial charge is 0.487 e. The average Bonchev–Trinajstić information content (AvgIpc) is 2.59. The van der Waals surface area contributed by atoms with Crippen molar-refractivity contribution in [3.63, 3.8) is 0 Å². The molecule has 1 aromatic heterocycles. The van der Waals surface area contributed by atoms with Gasteiger partial charge in [0.15, 0.2) is 0 Å². The van der Waals surface area contributed by atoms with Crippen LogP contribution in [0.5, 0.6) is 5.75 Å². The molecule has 1 aromatic carbocycles. The normalized spacial score (nSPS) is 12.5. The van der Waals surface area contributed by atoms with Crippen molar-refractivity contribution in [2.45, 2.75) is 52.7 Å². The van der Waals surface area contributed by atoms with Crippen molar-refractivity contribution < 1.29 is 14.3 Å². The third kappa shape index (κ3) is 7.71. The maximum atomic E-state index is 12.3. The molecule has 0 radical (unpaired) electrons. The summed E-state index contributed by atoms with van der Waals surface area (Å²) in [5.74, 6) is 0.597. The first-order chi connectivity index (χ1) is 13.1. The van der Waals surface area contributed by atoms with Crippen LogP contribution in [0, 0.1) is 5.92 Å². The zero-order chi connectivity index (χ0) is 20.9. The topological polar surface area (TPSA) is 69.6 Å². The zero-order valence-corrected chi connectivity index (χ0v) is 19.0. The summed E-state index contributed by atoms with van der Waals surface area (Å²) in [5.41, 5.74) is -0.177. The van der Waals surface area contributed by atoms with Gasteiger partial charge in [-0.25, -0.2) is 0 Å². The van der Waals surface area contributed by atoms with Gasteiger partial charge in [0.05, 0.1) is 5.39 Å². The average molecular weight is 425 g/mol. The quantitative estimate of drug-likeness (QED) is 0.654. The SMILES string of the molecule is CC(C)CC(=O)OC(CNC(C)(C)C)COc1cn(C)c(=O)c2ccccc12.Cl. The van der Waals surface area contributed by atoms with E-state index in [1.807, 2.05) is 32.0 Å². The molecule has 7 heteroatoms. The lowest BCUT2D eigenvalue weighted by molar-refractivity contribution is -0.151. The minimum absolute atomic E-state index is 0. The molecule has 0 spiro atoms. The first-order valence-corrected chi connectivity index (χ1v) is 9.72. The highest BCUT2D eigenvalue weighted by Crippen LogP contribution is 2.22. The Hall–Kier alpha value is -2.05. The van der Waals surface area contributed by atoms with Crippen LogP contribution in [-0.2, 0) is 16.6 Å². The van der Waals surface area contributed by atoms with E-state index in [2.05, 4.69) is 26.1 Å². The van der Waals surface area contributed by atoms with Crippen LogP contribution in [0.15, 0.2) is 35.3 Å². The van der Waals surface area contributed by atoms with Crippen LogP contribution < -0.4 is 15.6 Å². The summed E-state index contributed by atoms with van der Waals surface area (Å²) >= 11 is 0. The van der Waals surface area contributed by atoms with Crippen LogP contribution in [0.3, 0.4) is 0 Å². The Bertz CT molecular complexity index is 871. The van der Waals surface area contributed by atoms with Crippen LogP contribution in [0.2, 0.25) is 0 Å². The third-order valence-electron chi connectivity index (χ3n) is 4.21. The van der Waals surface area contributed by atoms with E-state index >= 15 is 0 Å². The van der Waals surface area contributed by atoms with Crippen molar-refractivity contribution in [3.05, 3.63) is 40.8 Å². The van der Waals surface area contributed by atoms with E-state index in [0.717, 1.165) is 5.39 Å². The Kier molecular flexibility index (Phi) is 9.17. The Labute approximate surface area is 179 Å². The number of benzene rings is 1. The number of pyridine rings is 1. The molecule has 0 aliphatic heterocycles. The summed E-state index contributed by atoms with van der Waals surface area (Å²) in [7, 11) is 1.70. The Balaban J connectivity index is 0.00000420. The Morgan fingerprint density at radius 1 is 1.17 bits per heavy atom. The van der Waals surface area contributed by atoms with Gasteiger partial charge in [0.2, 0.25) is 0 Å². The number of carbonyl (C=O) groups is 1. The molecule has 2 rings (SSSR count). The smallest absolute Gasteiger partial charge is 0.306 e. The summed E-state index contributed by atoms with van der Waals surface area (Å²) in [6.45, 7) is 10.8. The molecule has 0 fully saturated rings. The molecule has 0 aliphatic carbocycles. The van der Waals surface area contributed by atoms with Crippen molar-refractivity contribution in [2.24, 2.45) is 13.0 Å². The van der Waals surface area contributed by atoms with Crippen LogP contribution >= 0.6 is 12.4 Å². The predicted molar refractivity (Wildman–Crippen MR) is 119 cm³/mol. The number of halogens is 1. The van der Waals surface area contributed by atoms with Crippen molar-refractivity contribution in [2.75, 3.05) is 13.2 Å². The van der Waals surface area contributed by atoms with Gasteiger partial charge in [0, 0.05) is 37.1 Å². The second-order valence-corrected chi connectivity index (χ2v) is 8.61. The number of nitrogens with zero attached hydrogens (tertiary/aromatic N) is 1. The van der Waals surface area contributed by atoms with Gasteiger partial charge in [-0.05, 0) is 32.8 Å². The van der Waals surface area contributed by atoms with Gasteiger partial charge in [-0.3, -0.25) is 9.59 Å². The lowest BCUT2D eigenvalue weighted by atomic mass is 10.1. The molecule has 0 aliphatic rings. The standard InChI is InChI=1S/C22H32N2O4.ClH/c1-15(2)11-20(25)28-16(12-23-22(3,4)5)14-27-19-13-24(6)21(26)18-10-8-7-9-17(18)19;/h7-10,13,15-16,23H,11-12,14H2,1-6H3;1H. The summed E-state index contributed by atoms with van der Waals surface area (Å²) < 4.78 is 13.2. The minimum Gasteiger partial charge on any atom is -0.487 e. The first kappa shape index (κ1) is 25.0. The fourth-order valence-corrected chi connectivity index (χ4v) is 2.80. The summed E-state index contributed by atoms with van der Waals surface area (Å²) in [4.78, 5) is 24.5.